The summed E-state index contributed by atoms with van der Waals surface area (Å²) in [7, 11) is 1.61. The van der Waals surface area contributed by atoms with E-state index in [2.05, 4.69) is 30.1 Å². The van der Waals surface area contributed by atoms with Crippen molar-refractivity contribution in [1.29, 1.82) is 0 Å². The van der Waals surface area contributed by atoms with Crippen LogP contribution in [-0.4, -0.2) is 60.2 Å². The fourth-order valence-electron chi connectivity index (χ4n) is 3.11. The Hall–Kier alpha value is -2.90. The van der Waals surface area contributed by atoms with Crippen LogP contribution in [-0.2, 0) is 0 Å². The van der Waals surface area contributed by atoms with Crippen LogP contribution >= 0.6 is 0 Å². The van der Waals surface area contributed by atoms with Gasteiger partial charge in [0.1, 0.15) is 5.82 Å². The average molecular weight is 368 g/mol. The summed E-state index contributed by atoms with van der Waals surface area (Å²) in [5, 5.41) is 2.98. The number of anilines is 2. The number of pyridine rings is 1. The van der Waals surface area contributed by atoms with E-state index in [0.29, 0.717) is 23.4 Å². The van der Waals surface area contributed by atoms with Crippen LogP contribution in [0, 0.1) is 6.92 Å². The maximum absolute atomic E-state index is 12.1. The molecule has 2 fully saturated rings. The summed E-state index contributed by atoms with van der Waals surface area (Å²) in [6.07, 6.45) is 3.82. The first-order valence-electron chi connectivity index (χ1n) is 9.29. The van der Waals surface area contributed by atoms with E-state index in [1.807, 2.05) is 25.1 Å². The van der Waals surface area contributed by atoms with Crippen LogP contribution in [0.15, 0.2) is 24.4 Å². The number of hydrogen-bond acceptors (Lipinski definition) is 7. The zero-order valence-corrected chi connectivity index (χ0v) is 15.7. The smallest absolute Gasteiger partial charge is 0.253 e. The molecule has 142 valence electrons. The van der Waals surface area contributed by atoms with Gasteiger partial charge in [-0.2, -0.15) is 4.98 Å². The van der Waals surface area contributed by atoms with Gasteiger partial charge in [0.05, 0.1) is 12.7 Å². The Morgan fingerprint density at radius 1 is 1.15 bits per heavy atom. The Morgan fingerprint density at radius 2 is 1.89 bits per heavy atom. The molecule has 0 unspecified atom stereocenters. The first-order valence-corrected chi connectivity index (χ1v) is 9.29. The van der Waals surface area contributed by atoms with Crippen molar-refractivity contribution in [3.63, 3.8) is 0 Å². The Morgan fingerprint density at radius 3 is 2.52 bits per heavy atom. The largest absolute Gasteiger partial charge is 0.481 e. The molecule has 0 bridgehead atoms. The Bertz CT molecular complexity index is 813. The molecule has 1 aliphatic heterocycles. The Balaban J connectivity index is 1.37. The molecule has 1 N–H and O–H groups in total. The van der Waals surface area contributed by atoms with Crippen LogP contribution in [0.25, 0.3) is 0 Å². The highest BCUT2D eigenvalue weighted by atomic mass is 16.5. The molecule has 8 heteroatoms. The number of aryl methyl sites for hydroxylation is 1. The molecule has 3 heterocycles. The van der Waals surface area contributed by atoms with Gasteiger partial charge in [-0.15, -0.1) is 0 Å². The summed E-state index contributed by atoms with van der Waals surface area (Å²) >= 11 is 0. The van der Waals surface area contributed by atoms with Gasteiger partial charge < -0.3 is 19.9 Å². The van der Waals surface area contributed by atoms with Crippen molar-refractivity contribution in [2.75, 3.05) is 43.1 Å². The summed E-state index contributed by atoms with van der Waals surface area (Å²) in [5.74, 6) is 2.14. The molecule has 27 heavy (non-hydrogen) atoms. The van der Waals surface area contributed by atoms with Gasteiger partial charge in [0, 0.05) is 50.2 Å². The summed E-state index contributed by atoms with van der Waals surface area (Å²) in [6.45, 7) is 5.19. The van der Waals surface area contributed by atoms with Gasteiger partial charge in [-0.05, 0) is 31.9 Å². The minimum atomic E-state index is -0.0353. The van der Waals surface area contributed by atoms with Crippen LogP contribution in [0.4, 0.5) is 11.8 Å². The number of amides is 1. The SMILES string of the molecule is COc1cc(C)nc(N2CCN(c3ccc(C(=O)NC4CC4)cn3)CC2)n1. The second-order valence-corrected chi connectivity index (χ2v) is 6.98. The molecule has 1 amide bonds. The van der Waals surface area contributed by atoms with E-state index in [4.69, 9.17) is 4.74 Å². The second-order valence-electron chi connectivity index (χ2n) is 6.98. The molecule has 1 saturated heterocycles. The molecular formula is C19H24N6O2. The first kappa shape index (κ1) is 17.5. The Kier molecular flexibility index (Phi) is 4.79. The minimum Gasteiger partial charge on any atom is -0.481 e. The zero-order valence-electron chi connectivity index (χ0n) is 15.7. The van der Waals surface area contributed by atoms with Gasteiger partial charge in [0.2, 0.25) is 11.8 Å². The van der Waals surface area contributed by atoms with Gasteiger partial charge in [0.25, 0.3) is 5.91 Å². The van der Waals surface area contributed by atoms with Gasteiger partial charge in [-0.1, -0.05) is 0 Å². The molecule has 0 aromatic carbocycles. The number of carbonyl (C=O) groups is 1. The highest BCUT2D eigenvalue weighted by Gasteiger charge is 2.24. The lowest BCUT2D eigenvalue weighted by molar-refractivity contribution is 0.0950. The molecule has 2 aromatic heterocycles. The number of piperazine rings is 1. The number of nitrogens with one attached hydrogen (secondary N) is 1. The average Bonchev–Trinajstić information content (AvgIpc) is 3.51. The maximum atomic E-state index is 12.1. The van der Waals surface area contributed by atoms with Crippen molar-refractivity contribution < 1.29 is 9.53 Å². The summed E-state index contributed by atoms with van der Waals surface area (Å²) in [5.41, 5.74) is 1.51. The third kappa shape index (κ3) is 4.10. The van der Waals surface area contributed by atoms with E-state index in [9.17, 15) is 4.79 Å². The highest BCUT2D eigenvalue weighted by molar-refractivity contribution is 5.94. The molecule has 2 aliphatic rings. The van der Waals surface area contributed by atoms with Crippen molar-refractivity contribution in [2.24, 2.45) is 0 Å². The molecule has 4 rings (SSSR count). The van der Waals surface area contributed by atoms with Crippen molar-refractivity contribution in [3.8, 4) is 5.88 Å². The van der Waals surface area contributed by atoms with Crippen molar-refractivity contribution in [2.45, 2.75) is 25.8 Å². The van der Waals surface area contributed by atoms with Crippen LogP contribution < -0.4 is 19.9 Å². The quantitative estimate of drug-likeness (QED) is 0.854. The Labute approximate surface area is 158 Å². The molecule has 8 nitrogen and oxygen atoms in total. The van der Waals surface area contributed by atoms with E-state index >= 15 is 0 Å². The van der Waals surface area contributed by atoms with Gasteiger partial charge >= 0.3 is 0 Å². The van der Waals surface area contributed by atoms with Crippen LogP contribution in [0.3, 0.4) is 0 Å². The van der Waals surface area contributed by atoms with E-state index in [1.54, 1.807) is 13.3 Å². The van der Waals surface area contributed by atoms with Gasteiger partial charge in [0.15, 0.2) is 0 Å². The van der Waals surface area contributed by atoms with E-state index in [0.717, 1.165) is 50.5 Å². The normalized spacial score (nSPS) is 17.0. The fourth-order valence-corrected chi connectivity index (χ4v) is 3.11. The summed E-state index contributed by atoms with van der Waals surface area (Å²) in [6, 6.07) is 5.95. The lowest BCUT2D eigenvalue weighted by Gasteiger charge is -2.35. The molecule has 1 aliphatic carbocycles. The predicted molar refractivity (Wildman–Crippen MR) is 102 cm³/mol. The molecule has 2 aromatic rings. The lowest BCUT2D eigenvalue weighted by Crippen LogP contribution is -2.47. The molecule has 1 saturated carbocycles. The standard InChI is InChI=1S/C19H24N6O2/c1-13-11-17(27-2)23-19(21-13)25-9-7-24(8-10-25)16-6-3-14(12-20-16)18(26)22-15-4-5-15/h3,6,11-12,15H,4-5,7-10H2,1-2H3,(H,22,26). The highest BCUT2D eigenvalue weighted by Crippen LogP contribution is 2.21. The minimum absolute atomic E-state index is 0.0353. The fraction of sp³-hybridized carbons (Fsp3) is 0.474. The van der Waals surface area contributed by atoms with Gasteiger partial charge in [-0.25, -0.2) is 9.97 Å². The van der Waals surface area contributed by atoms with Crippen molar-refractivity contribution in [1.82, 2.24) is 20.3 Å². The van der Waals surface area contributed by atoms with Crippen LogP contribution in [0.5, 0.6) is 5.88 Å². The predicted octanol–water partition coefficient (Wildman–Crippen LogP) is 1.41. The van der Waals surface area contributed by atoms with E-state index < -0.39 is 0 Å². The molecular weight excluding hydrogens is 344 g/mol. The number of aromatic nitrogens is 3. The zero-order chi connectivity index (χ0) is 18.8. The van der Waals surface area contributed by atoms with Crippen LogP contribution in [0.2, 0.25) is 0 Å². The van der Waals surface area contributed by atoms with Crippen molar-refractivity contribution >= 4 is 17.7 Å². The van der Waals surface area contributed by atoms with Crippen molar-refractivity contribution in [3.05, 3.63) is 35.7 Å². The maximum Gasteiger partial charge on any atom is 0.253 e. The number of carbonyl (C=O) groups excluding carboxylic acids is 1. The number of methoxy groups -OCH3 is 1. The lowest BCUT2D eigenvalue weighted by atomic mass is 10.2. The van der Waals surface area contributed by atoms with E-state index in [1.165, 1.54) is 0 Å². The molecule has 0 spiro atoms. The number of nitrogens with zero attached hydrogens (tertiary/aromatic N) is 5. The summed E-state index contributed by atoms with van der Waals surface area (Å²) in [4.78, 5) is 29.9. The molecule has 0 atom stereocenters. The molecule has 0 radical (unpaired) electrons. The first-order chi connectivity index (χ1) is 13.1. The number of rotatable bonds is 5. The second kappa shape index (κ2) is 7.38. The third-order valence-electron chi connectivity index (χ3n) is 4.84. The van der Waals surface area contributed by atoms with Crippen LogP contribution in [0.1, 0.15) is 28.9 Å². The monoisotopic (exact) mass is 368 g/mol. The van der Waals surface area contributed by atoms with Gasteiger partial charge in [-0.3, -0.25) is 4.79 Å². The number of ether oxygens (including phenoxy) is 1. The topological polar surface area (TPSA) is 83.5 Å². The summed E-state index contributed by atoms with van der Waals surface area (Å²) < 4.78 is 5.24. The van der Waals surface area contributed by atoms with E-state index in [-0.39, 0.29) is 5.91 Å². The number of hydrogen-bond donors (Lipinski definition) is 1. The third-order valence-corrected chi connectivity index (χ3v) is 4.84.